The fourth-order valence-electron chi connectivity index (χ4n) is 2.00. The van der Waals surface area contributed by atoms with E-state index < -0.39 is 0 Å². The van der Waals surface area contributed by atoms with Crippen LogP contribution in [0.2, 0.25) is 0 Å². The van der Waals surface area contributed by atoms with E-state index in [1.165, 1.54) is 11.1 Å². The molecule has 3 rings (SSSR count). The Bertz CT molecular complexity index is 718. The lowest BCUT2D eigenvalue weighted by atomic mass is 10.1. The maximum Gasteiger partial charge on any atom is 0.295 e. The predicted molar refractivity (Wildman–Crippen MR) is 76.9 cm³/mol. The van der Waals surface area contributed by atoms with Crippen LogP contribution in [0.5, 0.6) is 0 Å². The molecule has 2 aromatic carbocycles. The molecule has 0 radical (unpaired) electrons. The van der Waals surface area contributed by atoms with Crippen molar-refractivity contribution in [3.05, 3.63) is 53.6 Å². The monoisotopic (exact) mass is 253 g/mol. The van der Waals surface area contributed by atoms with Crippen LogP contribution in [0.4, 0.5) is 11.7 Å². The van der Waals surface area contributed by atoms with Crippen molar-refractivity contribution in [2.75, 3.05) is 11.1 Å². The molecule has 0 saturated carbocycles. The number of nitrogens with one attached hydrogen (secondary N) is 1. The van der Waals surface area contributed by atoms with Crippen molar-refractivity contribution < 1.29 is 4.42 Å². The molecule has 19 heavy (non-hydrogen) atoms. The number of hydrogen-bond acceptors (Lipinski definition) is 4. The van der Waals surface area contributed by atoms with Crippen molar-refractivity contribution >= 4 is 22.8 Å². The molecule has 0 aliphatic heterocycles. The van der Waals surface area contributed by atoms with Crippen molar-refractivity contribution in [1.29, 1.82) is 0 Å². The second kappa shape index (κ2) is 4.65. The zero-order valence-corrected chi connectivity index (χ0v) is 10.7. The summed E-state index contributed by atoms with van der Waals surface area (Å²) in [7, 11) is 0. The lowest BCUT2D eigenvalue weighted by molar-refractivity contribution is 0.614. The van der Waals surface area contributed by atoms with Gasteiger partial charge in [-0.15, -0.1) is 0 Å². The molecule has 1 heterocycles. The first-order chi connectivity index (χ1) is 9.22. The maximum atomic E-state index is 5.71. The van der Waals surface area contributed by atoms with Crippen LogP contribution in [-0.2, 0) is 6.54 Å². The zero-order chi connectivity index (χ0) is 13.2. The average molecular weight is 253 g/mol. The molecule has 0 aliphatic carbocycles. The highest BCUT2D eigenvalue weighted by Gasteiger charge is 2.06. The van der Waals surface area contributed by atoms with Gasteiger partial charge in [-0.3, -0.25) is 0 Å². The molecule has 4 heteroatoms. The number of nitrogens with two attached hydrogens (primary N) is 1. The molecule has 4 nitrogen and oxygen atoms in total. The van der Waals surface area contributed by atoms with Gasteiger partial charge in [-0.1, -0.05) is 24.3 Å². The molecular weight excluding hydrogens is 238 g/mol. The minimum atomic E-state index is 0.517. The summed E-state index contributed by atoms with van der Waals surface area (Å²) in [6.07, 6.45) is 0. The van der Waals surface area contributed by atoms with Gasteiger partial charge in [-0.25, -0.2) is 0 Å². The van der Waals surface area contributed by atoms with E-state index in [0.29, 0.717) is 23.8 Å². The first kappa shape index (κ1) is 11.6. The summed E-state index contributed by atoms with van der Waals surface area (Å²) in [5.74, 6) is 0. The third-order valence-electron chi connectivity index (χ3n) is 3.10. The van der Waals surface area contributed by atoms with Crippen LogP contribution in [0.1, 0.15) is 11.1 Å². The number of aromatic nitrogens is 1. The third-order valence-corrected chi connectivity index (χ3v) is 3.10. The molecule has 0 fully saturated rings. The number of fused-ring (bicyclic) bond motifs is 1. The van der Waals surface area contributed by atoms with Crippen LogP contribution in [0.3, 0.4) is 0 Å². The van der Waals surface area contributed by atoms with Gasteiger partial charge in [0.25, 0.3) is 6.01 Å². The Morgan fingerprint density at radius 2 is 2.05 bits per heavy atom. The standard InChI is InChI=1S/C15H15N3O/c1-10-4-2-3-5-11(10)9-17-15-18-13-7-6-12(16)8-14(13)19-15/h2-8H,9,16H2,1H3,(H,17,18). The normalized spacial score (nSPS) is 10.8. The fourth-order valence-corrected chi connectivity index (χ4v) is 2.00. The number of hydrogen-bond donors (Lipinski definition) is 2. The number of nitrogen functional groups attached to an aromatic ring is 1. The average Bonchev–Trinajstić information content (AvgIpc) is 2.79. The number of rotatable bonds is 3. The van der Waals surface area contributed by atoms with Crippen molar-refractivity contribution in [2.45, 2.75) is 13.5 Å². The second-order valence-corrected chi connectivity index (χ2v) is 4.53. The lowest BCUT2D eigenvalue weighted by Gasteiger charge is -2.04. The topological polar surface area (TPSA) is 64.1 Å². The summed E-state index contributed by atoms with van der Waals surface area (Å²) < 4.78 is 5.61. The quantitative estimate of drug-likeness (QED) is 0.703. The summed E-state index contributed by atoms with van der Waals surface area (Å²) in [4.78, 5) is 4.37. The van der Waals surface area contributed by atoms with E-state index in [0.717, 1.165) is 5.52 Å². The van der Waals surface area contributed by atoms with Gasteiger partial charge in [0.05, 0.1) is 0 Å². The summed E-state index contributed by atoms with van der Waals surface area (Å²) in [6.45, 7) is 2.78. The van der Waals surface area contributed by atoms with E-state index in [9.17, 15) is 0 Å². The van der Waals surface area contributed by atoms with E-state index in [1.54, 1.807) is 6.07 Å². The molecule has 0 unspecified atom stereocenters. The van der Waals surface area contributed by atoms with E-state index in [-0.39, 0.29) is 0 Å². The first-order valence-electron chi connectivity index (χ1n) is 6.17. The highest BCUT2D eigenvalue weighted by Crippen LogP contribution is 2.21. The number of oxazole rings is 1. The molecule has 96 valence electrons. The van der Waals surface area contributed by atoms with Crippen LogP contribution >= 0.6 is 0 Å². The van der Waals surface area contributed by atoms with Gasteiger partial charge in [0, 0.05) is 18.3 Å². The molecule has 1 aromatic heterocycles. The van der Waals surface area contributed by atoms with Crippen molar-refractivity contribution in [3.63, 3.8) is 0 Å². The number of benzene rings is 2. The highest BCUT2D eigenvalue weighted by molar-refractivity contribution is 5.78. The minimum absolute atomic E-state index is 0.517. The Morgan fingerprint density at radius 3 is 2.89 bits per heavy atom. The van der Waals surface area contributed by atoms with Crippen LogP contribution in [0, 0.1) is 6.92 Å². The Balaban J connectivity index is 1.80. The third kappa shape index (κ3) is 2.38. The molecule has 0 bridgehead atoms. The van der Waals surface area contributed by atoms with Crippen LogP contribution in [-0.4, -0.2) is 4.98 Å². The van der Waals surface area contributed by atoms with Crippen molar-refractivity contribution in [2.24, 2.45) is 0 Å². The minimum Gasteiger partial charge on any atom is -0.423 e. The first-order valence-corrected chi connectivity index (χ1v) is 6.17. The molecule has 0 amide bonds. The number of anilines is 2. The summed E-state index contributed by atoms with van der Waals surface area (Å²) in [5.41, 5.74) is 10.4. The lowest BCUT2D eigenvalue weighted by Crippen LogP contribution is -2.00. The van der Waals surface area contributed by atoms with Crippen LogP contribution in [0.15, 0.2) is 46.9 Å². The molecule has 3 N–H and O–H groups in total. The molecular formula is C15H15N3O. The van der Waals surface area contributed by atoms with E-state index in [2.05, 4.69) is 29.4 Å². The Kier molecular flexibility index (Phi) is 2.83. The van der Waals surface area contributed by atoms with E-state index in [1.807, 2.05) is 24.3 Å². The predicted octanol–water partition coefficient (Wildman–Crippen LogP) is 3.33. The Hall–Kier alpha value is -2.49. The van der Waals surface area contributed by atoms with Gasteiger partial charge in [0.1, 0.15) is 5.52 Å². The van der Waals surface area contributed by atoms with Gasteiger partial charge in [0.15, 0.2) is 5.58 Å². The van der Waals surface area contributed by atoms with Crippen molar-refractivity contribution in [3.8, 4) is 0 Å². The second-order valence-electron chi connectivity index (χ2n) is 4.53. The van der Waals surface area contributed by atoms with Crippen molar-refractivity contribution in [1.82, 2.24) is 4.98 Å². The van der Waals surface area contributed by atoms with E-state index in [4.69, 9.17) is 10.2 Å². The maximum absolute atomic E-state index is 5.71. The summed E-state index contributed by atoms with van der Waals surface area (Å²) >= 11 is 0. The molecule has 0 atom stereocenters. The van der Waals surface area contributed by atoms with Gasteiger partial charge in [0.2, 0.25) is 0 Å². The summed E-state index contributed by atoms with van der Waals surface area (Å²) in [5, 5.41) is 3.19. The Labute approximate surface area is 111 Å². The van der Waals surface area contributed by atoms with Crippen LogP contribution < -0.4 is 11.1 Å². The van der Waals surface area contributed by atoms with E-state index >= 15 is 0 Å². The molecule has 3 aromatic rings. The van der Waals surface area contributed by atoms with Crippen LogP contribution in [0.25, 0.3) is 11.1 Å². The van der Waals surface area contributed by atoms with Gasteiger partial charge < -0.3 is 15.5 Å². The van der Waals surface area contributed by atoms with Gasteiger partial charge in [-0.2, -0.15) is 4.98 Å². The zero-order valence-electron chi connectivity index (χ0n) is 10.7. The molecule has 0 aliphatic rings. The fraction of sp³-hybridized carbons (Fsp3) is 0.133. The largest absolute Gasteiger partial charge is 0.423 e. The SMILES string of the molecule is Cc1ccccc1CNc1nc2ccc(N)cc2o1. The summed E-state index contributed by atoms with van der Waals surface area (Å²) in [6, 6.07) is 14.2. The number of nitrogens with zero attached hydrogens (tertiary/aromatic N) is 1. The smallest absolute Gasteiger partial charge is 0.295 e. The molecule has 0 saturated heterocycles. The van der Waals surface area contributed by atoms with Gasteiger partial charge >= 0.3 is 0 Å². The molecule has 0 spiro atoms. The highest BCUT2D eigenvalue weighted by atomic mass is 16.4. The number of aryl methyl sites for hydroxylation is 1. The Morgan fingerprint density at radius 1 is 1.21 bits per heavy atom. The van der Waals surface area contributed by atoms with Gasteiger partial charge in [-0.05, 0) is 30.2 Å².